The minimum atomic E-state index is -3.28. The summed E-state index contributed by atoms with van der Waals surface area (Å²) in [7, 11) is -1.74. The van der Waals surface area contributed by atoms with Crippen molar-refractivity contribution in [3.05, 3.63) is 11.6 Å². The molecule has 1 aromatic rings. The first-order valence-corrected chi connectivity index (χ1v) is 9.55. The molecular weight excluding hydrogens is 304 g/mol. The van der Waals surface area contributed by atoms with Crippen LogP contribution >= 0.6 is 0 Å². The Labute approximate surface area is 131 Å². The normalized spacial score (nSPS) is 24.4. The van der Waals surface area contributed by atoms with Crippen molar-refractivity contribution in [2.24, 2.45) is 0 Å². The first-order valence-electron chi connectivity index (χ1n) is 7.94. The number of hydrogen-bond acceptors (Lipinski definition) is 5. The van der Waals surface area contributed by atoms with E-state index in [9.17, 15) is 8.42 Å². The zero-order valence-electron chi connectivity index (χ0n) is 13.2. The Morgan fingerprint density at radius 3 is 2.91 bits per heavy atom. The van der Waals surface area contributed by atoms with E-state index < -0.39 is 10.0 Å². The van der Waals surface area contributed by atoms with Gasteiger partial charge in [0.2, 0.25) is 10.0 Å². The molecular formula is C14H24N4O3S. The maximum atomic E-state index is 12.5. The van der Waals surface area contributed by atoms with Crippen LogP contribution in [0.2, 0.25) is 0 Å². The van der Waals surface area contributed by atoms with Gasteiger partial charge >= 0.3 is 0 Å². The quantitative estimate of drug-likeness (QED) is 0.798. The van der Waals surface area contributed by atoms with Crippen molar-refractivity contribution in [2.75, 3.05) is 26.0 Å². The fourth-order valence-electron chi connectivity index (χ4n) is 3.35. The summed E-state index contributed by atoms with van der Waals surface area (Å²) in [4.78, 5) is 0. The van der Waals surface area contributed by atoms with Gasteiger partial charge < -0.3 is 9.30 Å². The zero-order valence-corrected chi connectivity index (χ0v) is 14.0. The standard InChI is InChI=1S/C14H24N4O3S/c1-11(21-2)10-22(19,20)17-7-3-5-12(9-17)14-16-15-13-6-4-8-18(13)14/h11-12H,3-10H2,1-2H3/t11-,12+/m0/s1. The van der Waals surface area contributed by atoms with E-state index in [1.807, 2.05) is 0 Å². The third kappa shape index (κ3) is 3.04. The van der Waals surface area contributed by atoms with Gasteiger partial charge in [0, 0.05) is 39.1 Å². The van der Waals surface area contributed by atoms with Crippen molar-refractivity contribution in [1.29, 1.82) is 0 Å². The Balaban J connectivity index is 1.74. The van der Waals surface area contributed by atoms with Crippen molar-refractivity contribution in [3.63, 3.8) is 0 Å². The highest BCUT2D eigenvalue weighted by atomic mass is 32.2. The molecule has 0 bridgehead atoms. The third-order valence-electron chi connectivity index (χ3n) is 4.63. The van der Waals surface area contributed by atoms with E-state index in [1.54, 1.807) is 18.3 Å². The predicted molar refractivity (Wildman–Crippen MR) is 82.1 cm³/mol. The van der Waals surface area contributed by atoms with Crippen LogP contribution in [0.5, 0.6) is 0 Å². The summed E-state index contributed by atoms with van der Waals surface area (Å²) in [5.41, 5.74) is 0. The largest absolute Gasteiger partial charge is 0.381 e. The molecule has 1 aromatic heterocycles. The van der Waals surface area contributed by atoms with E-state index in [1.165, 1.54) is 0 Å². The molecule has 2 aliphatic heterocycles. The maximum Gasteiger partial charge on any atom is 0.216 e. The molecule has 124 valence electrons. The molecule has 0 aromatic carbocycles. The molecule has 2 atom stereocenters. The number of piperidine rings is 1. The second kappa shape index (κ2) is 6.25. The first-order chi connectivity index (χ1) is 10.5. The Morgan fingerprint density at radius 2 is 2.14 bits per heavy atom. The minimum absolute atomic E-state index is 0.0359. The van der Waals surface area contributed by atoms with Crippen LogP contribution in [0.15, 0.2) is 0 Å². The molecule has 7 nitrogen and oxygen atoms in total. The third-order valence-corrected chi connectivity index (χ3v) is 6.64. The number of aromatic nitrogens is 3. The average Bonchev–Trinajstić information content (AvgIpc) is 3.09. The van der Waals surface area contributed by atoms with Crippen molar-refractivity contribution >= 4 is 10.0 Å². The Bertz CT molecular complexity index is 628. The van der Waals surface area contributed by atoms with Crippen LogP contribution in [0.25, 0.3) is 0 Å². The van der Waals surface area contributed by atoms with Gasteiger partial charge in [-0.3, -0.25) is 0 Å². The number of ether oxygens (including phenoxy) is 1. The summed E-state index contributed by atoms with van der Waals surface area (Å²) >= 11 is 0. The van der Waals surface area contributed by atoms with Crippen LogP contribution in [0, 0.1) is 0 Å². The molecule has 8 heteroatoms. The molecule has 2 aliphatic rings. The highest BCUT2D eigenvalue weighted by Crippen LogP contribution is 2.29. The molecule has 0 spiro atoms. The van der Waals surface area contributed by atoms with Crippen LogP contribution in [-0.4, -0.2) is 59.5 Å². The van der Waals surface area contributed by atoms with Gasteiger partial charge in [0.15, 0.2) is 0 Å². The molecule has 0 saturated carbocycles. The highest BCUT2D eigenvalue weighted by molar-refractivity contribution is 7.89. The summed E-state index contributed by atoms with van der Waals surface area (Å²) in [6, 6.07) is 0. The maximum absolute atomic E-state index is 12.5. The molecule has 0 radical (unpaired) electrons. The number of nitrogens with zero attached hydrogens (tertiary/aromatic N) is 4. The lowest BCUT2D eigenvalue weighted by Crippen LogP contribution is -2.42. The molecule has 3 heterocycles. The SMILES string of the molecule is CO[C@@H](C)CS(=O)(=O)N1CCC[C@@H](c2nnc3n2CCC3)C1. The van der Waals surface area contributed by atoms with E-state index in [0.29, 0.717) is 13.1 Å². The second-order valence-electron chi connectivity index (χ2n) is 6.25. The topological polar surface area (TPSA) is 77.3 Å². The van der Waals surface area contributed by atoms with Crippen LogP contribution < -0.4 is 0 Å². The summed E-state index contributed by atoms with van der Waals surface area (Å²) < 4.78 is 33.9. The van der Waals surface area contributed by atoms with Crippen molar-refractivity contribution in [1.82, 2.24) is 19.1 Å². The van der Waals surface area contributed by atoms with Gasteiger partial charge in [-0.25, -0.2) is 12.7 Å². The monoisotopic (exact) mass is 328 g/mol. The van der Waals surface area contributed by atoms with Gasteiger partial charge in [0.1, 0.15) is 11.6 Å². The number of sulfonamides is 1. The van der Waals surface area contributed by atoms with Gasteiger partial charge in [-0.05, 0) is 26.2 Å². The molecule has 0 N–H and O–H groups in total. The average molecular weight is 328 g/mol. The molecule has 1 fully saturated rings. The smallest absolute Gasteiger partial charge is 0.216 e. The fraction of sp³-hybridized carbons (Fsp3) is 0.857. The second-order valence-corrected chi connectivity index (χ2v) is 8.27. The van der Waals surface area contributed by atoms with Crippen molar-refractivity contribution in [2.45, 2.75) is 51.2 Å². The summed E-state index contributed by atoms with van der Waals surface area (Å²) in [5.74, 6) is 2.20. The van der Waals surface area contributed by atoms with E-state index >= 15 is 0 Å². The number of rotatable bonds is 5. The first kappa shape index (κ1) is 15.9. The van der Waals surface area contributed by atoms with Gasteiger partial charge in [-0.1, -0.05) is 0 Å². The molecule has 3 rings (SSSR count). The lowest BCUT2D eigenvalue weighted by Gasteiger charge is -2.32. The Hall–Kier alpha value is -0.990. The van der Waals surface area contributed by atoms with Gasteiger partial charge in [-0.15, -0.1) is 10.2 Å². The molecule has 1 saturated heterocycles. The van der Waals surface area contributed by atoms with E-state index in [2.05, 4.69) is 14.8 Å². The number of aryl methyl sites for hydroxylation is 1. The van der Waals surface area contributed by atoms with E-state index in [-0.39, 0.29) is 17.8 Å². The van der Waals surface area contributed by atoms with Crippen LogP contribution in [0.3, 0.4) is 0 Å². The van der Waals surface area contributed by atoms with Crippen molar-refractivity contribution in [3.8, 4) is 0 Å². The Kier molecular flexibility index (Phi) is 4.52. The predicted octanol–water partition coefficient (Wildman–Crippen LogP) is 0.768. The lowest BCUT2D eigenvalue weighted by molar-refractivity contribution is 0.134. The zero-order chi connectivity index (χ0) is 15.7. The molecule has 0 amide bonds. The highest BCUT2D eigenvalue weighted by Gasteiger charge is 2.33. The lowest BCUT2D eigenvalue weighted by atomic mass is 9.99. The van der Waals surface area contributed by atoms with Gasteiger partial charge in [-0.2, -0.15) is 0 Å². The van der Waals surface area contributed by atoms with Gasteiger partial charge in [0.25, 0.3) is 0 Å². The van der Waals surface area contributed by atoms with Crippen molar-refractivity contribution < 1.29 is 13.2 Å². The van der Waals surface area contributed by atoms with E-state index in [4.69, 9.17) is 4.74 Å². The van der Waals surface area contributed by atoms with E-state index in [0.717, 1.165) is 43.9 Å². The summed E-state index contributed by atoms with van der Waals surface area (Å²) in [6.45, 7) is 3.85. The Morgan fingerprint density at radius 1 is 1.32 bits per heavy atom. The number of hydrogen-bond donors (Lipinski definition) is 0. The molecule has 0 unspecified atom stereocenters. The molecule has 0 aliphatic carbocycles. The number of methoxy groups -OCH3 is 1. The summed E-state index contributed by atoms with van der Waals surface area (Å²) in [5, 5.41) is 8.57. The van der Waals surface area contributed by atoms with Gasteiger partial charge in [0.05, 0.1) is 11.9 Å². The summed E-state index contributed by atoms with van der Waals surface area (Å²) in [6.07, 6.45) is 3.64. The fourth-order valence-corrected chi connectivity index (χ4v) is 5.11. The molecule has 22 heavy (non-hydrogen) atoms. The minimum Gasteiger partial charge on any atom is -0.381 e. The number of fused-ring (bicyclic) bond motifs is 1. The van der Waals surface area contributed by atoms with Crippen LogP contribution in [0.4, 0.5) is 0 Å². The van der Waals surface area contributed by atoms with Crippen LogP contribution in [0.1, 0.15) is 43.8 Å². The van der Waals surface area contributed by atoms with Crippen LogP contribution in [-0.2, 0) is 27.7 Å².